The molecular formula is C17H27N3O2. The Bertz CT molecular complexity index is 518. The summed E-state index contributed by atoms with van der Waals surface area (Å²) in [6, 6.07) is 0. The van der Waals surface area contributed by atoms with Gasteiger partial charge in [-0.05, 0) is 31.6 Å². The molecule has 1 atom stereocenters. The van der Waals surface area contributed by atoms with E-state index < -0.39 is 0 Å². The first-order valence-electron chi connectivity index (χ1n) is 8.49. The first kappa shape index (κ1) is 15.5. The first-order valence-corrected chi connectivity index (χ1v) is 8.49. The number of aromatic nitrogens is 2. The van der Waals surface area contributed by atoms with Crippen LogP contribution in [0.2, 0.25) is 0 Å². The highest BCUT2D eigenvalue weighted by atomic mass is 16.5. The Hall–Kier alpha value is -1.36. The van der Waals surface area contributed by atoms with Gasteiger partial charge >= 0.3 is 0 Å². The third-order valence-electron chi connectivity index (χ3n) is 4.88. The Labute approximate surface area is 132 Å². The summed E-state index contributed by atoms with van der Waals surface area (Å²) in [5.74, 6) is 0.826. The van der Waals surface area contributed by atoms with Gasteiger partial charge in [0, 0.05) is 32.3 Å². The van der Waals surface area contributed by atoms with Gasteiger partial charge in [0.25, 0.3) is 0 Å². The van der Waals surface area contributed by atoms with Crippen LogP contribution in [0.25, 0.3) is 0 Å². The van der Waals surface area contributed by atoms with Crippen LogP contribution in [0.3, 0.4) is 0 Å². The van der Waals surface area contributed by atoms with Gasteiger partial charge in [-0.25, -0.2) is 4.98 Å². The molecule has 1 amide bonds. The second-order valence-corrected chi connectivity index (χ2v) is 7.13. The minimum atomic E-state index is -0.0252. The molecule has 0 saturated carbocycles. The molecule has 2 aliphatic rings. The van der Waals surface area contributed by atoms with E-state index in [0.717, 1.165) is 51.1 Å². The molecular weight excluding hydrogens is 278 g/mol. The number of carbonyl (C=O) groups is 1. The van der Waals surface area contributed by atoms with Crippen molar-refractivity contribution in [2.45, 2.75) is 64.6 Å². The van der Waals surface area contributed by atoms with Gasteiger partial charge in [-0.2, -0.15) is 0 Å². The molecule has 22 heavy (non-hydrogen) atoms. The Morgan fingerprint density at radius 1 is 1.36 bits per heavy atom. The van der Waals surface area contributed by atoms with Gasteiger partial charge in [-0.1, -0.05) is 13.8 Å². The van der Waals surface area contributed by atoms with Crippen molar-refractivity contribution >= 4 is 5.91 Å². The molecule has 0 unspecified atom stereocenters. The van der Waals surface area contributed by atoms with Crippen molar-refractivity contribution in [2.24, 2.45) is 5.92 Å². The van der Waals surface area contributed by atoms with Crippen LogP contribution in [0, 0.1) is 5.92 Å². The van der Waals surface area contributed by atoms with E-state index in [1.54, 1.807) is 0 Å². The maximum absolute atomic E-state index is 12.5. The average Bonchev–Trinajstić information content (AvgIpc) is 3.07. The van der Waals surface area contributed by atoms with Gasteiger partial charge < -0.3 is 14.2 Å². The summed E-state index contributed by atoms with van der Waals surface area (Å²) in [5.41, 5.74) is 1.10. The molecule has 0 bridgehead atoms. The number of likely N-dealkylation sites (tertiary alicyclic amines) is 1. The molecule has 3 rings (SSSR count). The predicted octanol–water partition coefficient (Wildman–Crippen LogP) is 2.60. The molecule has 3 heterocycles. The molecule has 2 aliphatic heterocycles. The molecule has 1 aromatic heterocycles. The second kappa shape index (κ2) is 6.41. The van der Waals surface area contributed by atoms with Crippen molar-refractivity contribution in [3.63, 3.8) is 0 Å². The van der Waals surface area contributed by atoms with Crippen LogP contribution >= 0.6 is 0 Å². The van der Waals surface area contributed by atoms with Crippen molar-refractivity contribution in [3.05, 3.63) is 18.2 Å². The van der Waals surface area contributed by atoms with Crippen molar-refractivity contribution in [2.75, 3.05) is 13.2 Å². The van der Waals surface area contributed by atoms with Crippen LogP contribution in [0.4, 0.5) is 0 Å². The fourth-order valence-corrected chi connectivity index (χ4v) is 3.63. The fraction of sp³-hybridized carbons (Fsp3) is 0.765. The standard InChI is InChI=1S/C17H27N3O2/c1-14(2)11-20-13-18-10-15(20)12-19-8-7-17(5-3-9-22-17)6-4-16(19)21/h10,13-14H,3-9,11-12H2,1-2H3/t17-/m1/s1. The van der Waals surface area contributed by atoms with E-state index in [9.17, 15) is 4.79 Å². The summed E-state index contributed by atoms with van der Waals surface area (Å²) in [5, 5.41) is 0. The summed E-state index contributed by atoms with van der Waals surface area (Å²) in [7, 11) is 0. The quantitative estimate of drug-likeness (QED) is 0.859. The van der Waals surface area contributed by atoms with Crippen LogP contribution in [0.1, 0.15) is 51.6 Å². The number of hydrogen-bond donors (Lipinski definition) is 0. The number of ether oxygens (including phenoxy) is 1. The predicted molar refractivity (Wildman–Crippen MR) is 84.3 cm³/mol. The second-order valence-electron chi connectivity index (χ2n) is 7.13. The van der Waals surface area contributed by atoms with Gasteiger partial charge in [-0.3, -0.25) is 4.79 Å². The van der Waals surface area contributed by atoms with Gasteiger partial charge in [0.15, 0.2) is 0 Å². The lowest BCUT2D eigenvalue weighted by Crippen LogP contribution is -2.32. The minimum Gasteiger partial charge on any atom is -0.375 e. The number of rotatable bonds is 4. The van der Waals surface area contributed by atoms with Gasteiger partial charge in [0.2, 0.25) is 5.91 Å². The van der Waals surface area contributed by atoms with Gasteiger partial charge in [0.05, 0.1) is 24.2 Å². The lowest BCUT2D eigenvalue weighted by Gasteiger charge is -2.27. The zero-order valence-electron chi connectivity index (χ0n) is 13.8. The van der Waals surface area contributed by atoms with Gasteiger partial charge in [-0.15, -0.1) is 0 Å². The van der Waals surface area contributed by atoms with Gasteiger partial charge in [0.1, 0.15) is 0 Å². The lowest BCUT2D eigenvalue weighted by atomic mass is 9.92. The van der Waals surface area contributed by atoms with E-state index in [-0.39, 0.29) is 11.5 Å². The molecule has 0 N–H and O–H groups in total. The van der Waals surface area contributed by atoms with Crippen molar-refractivity contribution in [1.82, 2.24) is 14.5 Å². The van der Waals surface area contributed by atoms with E-state index in [1.807, 2.05) is 17.4 Å². The molecule has 2 saturated heterocycles. The normalized spacial score (nSPS) is 26.1. The van der Waals surface area contributed by atoms with Crippen LogP contribution < -0.4 is 0 Å². The van der Waals surface area contributed by atoms with Crippen LogP contribution in [-0.4, -0.2) is 39.1 Å². The van der Waals surface area contributed by atoms with E-state index >= 15 is 0 Å². The molecule has 5 heteroatoms. The maximum Gasteiger partial charge on any atom is 0.223 e. The number of carbonyl (C=O) groups excluding carboxylic acids is 1. The molecule has 122 valence electrons. The molecule has 0 radical (unpaired) electrons. The monoisotopic (exact) mass is 305 g/mol. The molecule has 2 fully saturated rings. The average molecular weight is 305 g/mol. The highest BCUT2D eigenvalue weighted by Gasteiger charge is 2.38. The summed E-state index contributed by atoms with van der Waals surface area (Å²) in [6.07, 6.45) is 8.47. The Morgan fingerprint density at radius 3 is 2.95 bits per heavy atom. The molecule has 1 aromatic rings. The summed E-state index contributed by atoms with van der Waals surface area (Å²) in [4.78, 5) is 18.7. The van der Waals surface area contributed by atoms with E-state index in [2.05, 4.69) is 23.4 Å². The molecule has 5 nitrogen and oxygen atoms in total. The van der Waals surface area contributed by atoms with E-state index in [4.69, 9.17) is 4.74 Å². The Morgan fingerprint density at radius 2 is 2.23 bits per heavy atom. The Kier molecular flexibility index (Phi) is 4.52. The van der Waals surface area contributed by atoms with Crippen molar-refractivity contribution < 1.29 is 9.53 Å². The highest BCUT2D eigenvalue weighted by Crippen LogP contribution is 2.36. The summed E-state index contributed by atoms with van der Waals surface area (Å²) >= 11 is 0. The summed E-state index contributed by atoms with van der Waals surface area (Å²) < 4.78 is 8.14. The third kappa shape index (κ3) is 3.35. The van der Waals surface area contributed by atoms with Crippen molar-refractivity contribution in [3.8, 4) is 0 Å². The van der Waals surface area contributed by atoms with E-state index in [0.29, 0.717) is 18.9 Å². The fourth-order valence-electron chi connectivity index (χ4n) is 3.63. The van der Waals surface area contributed by atoms with Crippen LogP contribution in [0.15, 0.2) is 12.5 Å². The SMILES string of the molecule is CC(C)Cn1cncc1CN1CC[C@@]2(CCCO2)CCC1=O. The van der Waals surface area contributed by atoms with Crippen LogP contribution in [0.5, 0.6) is 0 Å². The Balaban J connectivity index is 1.67. The largest absolute Gasteiger partial charge is 0.375 e. The van der Waals surface area contributed by atoms with Crippen LogP contribution in [-0.2, 0) is 22.6 Å². The first-order chi connectivity index (χ1) is 10.6. The zero-order valence-corrected chi connectivity index (χ0v) is 13.8. The smallest absolute Gasteiger partial charge is 0.223 e. The number of imidazole rings is 1. The molecule has 0 aromatic carbocycles. The molecule has 1 spiro atoms. The van der Waals surface area contributed by atoms with Crippen molar-refractivity contribution in [1.29, 1.82) is 0 Å². The third-order valence-corrected chi connectivity index (χ3v) is 4.88. The number of amides is 1. The number of nitrogens with zero attached hydrogens (tertiary/aromatic N) is 3. The number of hydrogen-bond acceptors (Lipinski definition) is 3. The minimum absolute atomic E-state index is 0.0252. The lowest BCUT2D eigenvalue weighted by molar-refractivity contribution is -0.131. The zero-order chi connectivity index (χ0) is 15.6. The maximum atomic E-state index is 12.5. The summed E-state index contributed by atoms with van der Waals surface area (Å²) in [6.45, 7) is 7.66. The highest BCUT2D eigenvalue weighted by molar-refractivity contribution is 5.76. The molecule has 0 aliphatic carbocycles. The topological polar surface area (TPSA) is 47.4 Å². The van der Waals surface area contributed by atoms with E-state index in [1.165, 1.54) is 0 Å².